The highest BCUT2D eigenvalue weighted by Crippen LogP contribution is 2.30. The summed E-state index contributed by atoms with van der Waals surface area (Å²) in [6, 6.07) is 15.7. The van der Waals surface area contributed by atoms with E-state index in [1.807, 2.05) is 0 Å². The monoisotopic (exact) mass is 629 g/mol. The van der Waals surface area contributed by atoms with Gasteiger partial charge in [-0.25, -0.2) is 8.42 Å². The topological polar surface area (TPSA) is 86.8 Å². The summed E-state index contributed by atoms with van der Waals surface area (Å²) in [4.78, 5) is 28.2. The van der Waals surface area contributed by atoms with Gasteiger partial charge in [-0.3, -0.25) is 13.9 Å². The first kappa shape index (κ1) is 31.0. The minimum absolute atomic E-state index is 0.0730. The number of anilines is 1. The number of carbonyl (C=O) groups excluding carboxylic acids is 2. The first-order chi connectivity index (χ1) is 18.5. The third-order valence-electron chi connectivity index (χ3n) is 5.90. The van der Waals surface area contributed by atoms with Crippen LogP contribution in [0.2, 0.25) is 20.1 Å². The van der Waals surface area contributed by atoms with Crippen LogP contribution in [0.15, 0.2) is 71.6 Å². The van der Waals surface area contributed by atoms with E-state index in [9.17, 15) is 18.0 Å². The fourth-order valence-corrected chi connectivity index (χ4v) is 6.19. The van der Waals surface area contributed by atoms with Crippen LogP contribution in [0, 0.1) is 0 Å². The number of rotatable bonds is 11. The van der Waals surface area contributed by atoms with Crippen molar-refractivity contribution < 1.29 is 18.0 Å². The molecule has 1 N–H and O–H groups in total. The molecule has 0 fully saturated rings. The molecule has 3 aromatic carbocycles. The molecule has 1 atom stereocenters. The fraction of sp³-hybridized carbons (Fsp3) is 0.259. The highest BCUT2D eigenvalue weighted by molar-refractivity contribution is 7.92. The van der Waals surface area contributed by atoms with E-state index in [-0.39, 0.29) is 34.5 Å². The van der Waals surface area contributed by atoms with E-state index in [0.29, 0.717) is 27.2 Å². The summed E-state index contributed by atoms with van der Waals surface area (Å²) in [5.41, 5.74) is 0.611. The smallest absolute Gasteiger partial charge is 0.264 e. The lowest BCUT2D eigenvalue weighted by molar-refractivity contribution is -0.140. The molecular weight excluding hydrogens is 604 g/mol. The zero-order chi connectivity index (χ0) is 28.7. The third kappa shape index (κ3) is 7.58. The number of nitrogens with zero attached hydrogens (tertiary/aromatic N) is 2. The van der Waals surface area contributed by atoms with Crippen molar-refractivity contribution in [3.05, 3.63) is 92.4 Å². The maximum atomic E-state index is 14.0. The summed E-state index contributed by atoms with van der Waals surface area (Å²) in [5.74, 6) is -1.02. The number of hydrogen-bond acceptors (Lipinski definition) is 4. The molecule has 0 aliphatic carbocycles. The molecule has 0 saturated heterocycles. The molecule has 0 unspecified atom stereocenters. The van der Waals surface area contributed by atoms with Gasteiger partial charge in [0.05, 0.1) is 10.6 Å². The Morgan fingerprint density at radius 3 is 2.05 bits per heavy atom. The van der Waals surface area contributed by atoms with E-state index in [0.717, 1.165) is 4.31 Å². The predicted molar refractivity (Wildman–Crippen MR) is 157 cm³/mol. The Labute approximate surface area is 248 Å². The van der Waals surface area contributed by atoms with Crippen molar-refractivity contribution in [3.63, 3.8) is 0 Å². The minimum atomic E-state index is -4.25. The highest BCUT2D eigenvalue weighted by atomic mass is 35.5. The SMILES string of the molecule is CCNC(=O)[C@H](CC)N(Cc1c(Cl)cccc1Cl)C(=O)CN(c1cccc(Cl)c1)S(=O)(=O)c1ccc(Cl)cc1. The summed E-state index contributed by atoms with van der Waals surface area (Å²) in [6.45, 7) is 3.14. The minimum Gasteiger partial charge on any atom is -0.355 e. The zero-order valence-corrected chi connectivity index (χ0v) is 25.0. The second kappa shape index (κ2) is 13.7. The predicted octanol–water partition coefficient (Wildman–Crippen LogP) is 6.44. The number of carbonyl (C=O) groups is 2. The van der Waals surface area contributed by atoms with E-state index in [1.165, 1.54) is 41.3 Å². The van der Waals surface area contributed by atoms with Crippen molar-refractivity contribution >= 4 is 73.9 Å². The molecule has 12 heteroatoms. The molecule has 7 nitrogen and oxygen atoms in total. The summed E-state index contributed by atoms with van der Waals surface area (Å²) >= 11 is 24.9. The Hall–Kier alpha value is -2.49. The average molecular weight is 631 g/mol. The normalized spacial score (nSPS) is 12.1. The molecule has 3 rings (SSSR count). The van der Waals surface area contributed by atoms with Crippen LogP contribution in [0.1, 0.15) is 25.8 Å². The van der Waals surface area contributed by atoms with Gasteiger partial charge >= 0.3 is 0 Å². The second-order valence-corrected chi connectivity index (χ2v) is 12.0. The second-order valence-electron chi connectivity index (χ2n) is 8.49. The van der Waals surface area contributed by atoms with Gasteiger partial charge in [0.1, 0.15) is 12.6 Å². The quantitative estimate of drug-likeness (QED) is 0.264. The van der Waals surface area contributed by atoms with E-state index in [2.05, 4.69) is 5.32 Å². The van der Waals surface area contributed by atoms with Crippen molar-refractivity contribution in [3.8, 4) is 0 Å². The Morgan fingerprint density at radius 1 is 0.872 bits per heavy atom. The van der Waals surface area contributed by atoms with Gasteiger partial charge in [0.15, 0.2) is 0 Å². The largest absolute Gasteiger partial charge is 0.355 e. The highest BCUT2D eigenvalue weighted by Gasteiger charge is 2.34. The first-order valence-corrected chi connectivity index (χ1v) is 15.0. The molecule has 208 valence electrons. The van der Waals surface area contributed by atoms with Gasteiger partial charge in [0, 0.05) is 38.7 Å². The average Bonchev–Trinajstić information content (AvgIpc) is 2.89. The summed E-state index contributed by atoms with van der Waals surface area (Å²) in [5, 5.41) is 4.00. The van der Waals surface area contributed by atoms with Crippen LogP contribution in [0.4, 0.5) is 5.69 Å². The number of likely N-dealkylation sites (N-methyl/N-ethyl adjacent to an activating group) is 1. The summed E-state index contributed by atoms with van der Waals surface area (Å²) in [7, 11) is -4.25. The van der Waals surface area contributed by atoms with Gasteiger partial charge in [0.2, 0.25) is 11.8 Å². The van der Waals surface area contributed by atoms with E-state index < -0.39 is 28.5 Å². The molecule has 3 aromatic rings. The first-order valence-electron chi connectivity index (χ1n) is 12.0. The van der Waals surface area contributed by atoms with Crippen LogP contribution >= 0.6 is 46.4 Å². The lowest BCUT2D eigenvalue weighted by atomic mass is 10.1. The molecular formula is C27H27Cl4N3O4S. The zero-order valence-electron chi connectivity index (χ0n) is 21.2. The van der Waals surface area contributed by atoms with Gasteiger partial charge in [-0.2, -0.15) is 0 Å². The van der Waals surface area contributed by atoms with Crippen molar-refractivity contribution in [1.29, 1.82) is 0 Å². The summed E-state index contributed by atoms with van der Waals surface area (Å²) in [6.07, 6.45) is 0.265. The molecule has 0 aromatic heterocycles. The molecule has 2 amide bonds. The van der Waals surface area contributed by atoms with Crippen molar-refractivity contribution in [2.75, 3.05) is 17.4 Å². The number of benzene rings is 3. The van der Waals surface area contributed by atoms with Gasteiger partial charge < -0.3 is 10.2 Å². The molecule has 0 spiro atoms. The van der Waals surface area contributed by atoms with Crippen LogP contribution in [0.25, 0.3) is 0 Å². The standard InChI is InChI=1S/C27H27Cl4N3O4S/c1-3-25(27(36)32-4-2)33(16-22-23(30)9-6-10-24(22)31)26(35)17-34(20-8-5-7-19(29)15-20)39(37,38)21-13-11-18(28)12-14-21/h5-15,25H,3-4,16-17H2,1-2H3,(H,32,36)/t25-/m0/s1. The lowest BCUT2D eigenvalue weighted by Crippen LogP contribution is -2.52. The number of nitrogens with one attached hydrogen (secondary N) is 1. The van der Waals surface area contributed by atoms with Crippen LogP contribution in [-0.2, 0) is 26.2 Å². The number of amides is 2. The van der Waals surface area contributed by atoms with E-state index >= 15 is 0 Å². The lowest BCUT2D eigenvalue weighted by Gasteiger charge is -2.33. The van der Waals surface area contributed by atoms with Crippen LogP contribution in [-0.4, -0.2) is 44.3 Å². The number of halogens is 4. The van der Waals surface area contributed by atoms with E-state index in [4.69, 9.17) is 46.4 Å². The molecule has 39 heavy (non-hydrogen) atoms. The maximum Gasteiger partial charge on any atom is 0.264 e. The molecule has 0 bridgehead atoms. The Balaban J connectivity index is 2.10. The fourth-order valence-electron chi connectivity index (χ4n) is 3.96. The molecule has 0 aliphatic rings. The van der Waals surface area contributed by atoms with Crippen LogP contribution < -0.4 is 9.62 Å². The molecule has 0 aliphatic heterocycles. The Morgan fingerprint density at radius 2 is 1.49 bits per heavy atom. The molecule has 0 radical (unpaired) electrons. The maximum absolute atomic E-state index is 14.0. The third-order valence-corrected chi connectivity index (χ3v) is 8.89. The van der Waals surface area contributed by atoms with Crippen LogP contribution in [0.3, 0.4) is 0 Å². The van der Waals surface area contributed by atoms with Crippen molar-refractivity contribution in [1.82, 2.24) is 10.2 Å². The van der Waals surface area contributed by atoms with Crippen molar-refractivity contribution in [2.45, 2.75) is 37.8 Å². The van der Waals surface area contributed by atoms with E-state index in [1.54, 1.807) is 44.2 Å². The van der Waals surface area contributed by atoms with Gasteiger partial charge in [-0.05, 0) is 67.9 Å². The molecule has 0 heterocycles. The Bertz CT molecular complexity index is 1410. The summed E-state index contributed by atoms with van der Waals surface area (Å²) < 4.78 is 28.6. The van der Waals surface area contributed by atoms with Crippen LogP contribution in [0.5, 0.6) is 0 Å². The van der Waals surface area contributed by atoms with Gasteiger partial charge in [-0.15, -0.1) is 0 Å². The number of hydrogen-bond donors (Lipinski definition) is 1. The molecule has 0 saturated carbocycles. The number of sulfonamides is 1. The Kier molecular flexibility index (Phi) is 10.9. The van der Waals surface area contributed by atoms with Gasteiger partial charge in [0.25, 0.3) is 10.0 Å². The van der Waals surface area contributed by atoms with Gasteiger partial charge in [-0.1, -0.05) is 65.5 Å². The van der Waals surface area contributed by atoms with Crippen molar-refractivity contribution in [2.24, 2.45) is 0 Å².